The number of methoxy groups -OCH3 is 1. The van der Waals surface area contributed by atoms with E-state index < -0.39 is 5.97 Å². The highest BCUT2D eigenvalue weighted by Crippen LogP contribution is 2.36. The molecule has 0 saturated carbocycles. The Balaban J connectivity index is 1.77. The highest BCUT2D eigenvalue weighted by molar-refractivity contribution is 6.00. The van der Waals surface area contributed by atoms with Crippen LogP contribution >= 0.6 is 0 Å². The Morgan fingerprint density at radius 2 is 1.91 bits per heavy atom. The molecule has 8 nitrogen and oxygen atoms in total. The first kappa shape index (κ1) is 23.8. The third kappa shape index (κ3) is 4.82. The fourth-order valence-electron chi connectivity index (χ4n) is 4.17. The first-order valence-corrected chi connectivity index (χ1v) is 11.3. The molecule has 0 aliphatic carbocycles. The maximum atomic E-state index is 11.2. The van der Waals surface area contributed by atoms with Gasteiger partial charge in [0.1, 0.15) is 29.6 Å². The zero-order chi connectivity index (χ0) is 25.1. The van der Waals surface area contributed by atoms with E-state index in [9.17, 15) is 9.90 Å². The molecule has 0 aliphatic heterocycles. The topological polar surface area (TPSA) is 123 Å². The Bertz CT molecular complexity index is 1410. The summed E-state index contributed by atoms with van der Waals surface area (Å²) in [6, 6.07) is 18.8. The molecule has 1 heterocycles. The minimum atomic E-state index is -0.915. The summed E-state index contributed by atoms with van der Waals surface area (Å²) < 4.78 is 13.6. The Kier molecular flexibility index (Phi) is 6.73. The number of carbonyl (C=O) groups is 1. The Labute approximate surface area is 203 Å². The summed E-state index contributed by atoms with van der Waals surface area (Å²) in [5.74, 6) is 0.0821. The lowest BCUT2D eigenvalue weighted by atomic mass is 9.99. The van der Waals surface area contributed by atoms with Gasteiger partial charge in [-0.2, -0.15) is 5.10 Å². The van der Waals surface area contributed by atoms with Crippen molar-refractivity contribution in [3.05, 3.63) is 77.5 Å². The summed E-state index contributed by atoms with van der Waals surface area (Å²) in [5.41, 5.74) is 10.3. The van der Waals surface area contributed by atoms with Gasteiger partial charge in [-0.3, -0.25) is 14.9 Å². The second kappa shape index (κ2) is 9.89. The van der Waals surface area contributed by atoms with Crippen LogP contribution in [-0.4, -0.2) is 33.8 Å². The summed E-state index contributed by atoms with van der Waals surface area (Å²) in [5, 5.41) is 22.8. The van der Waals surface area contributed by atoms with Crippen LogP contribution in [0.4, 0.5) is 0 Å². The van der Waals surface area contributed by atoms with Gasteiger partial charge in [-0.05, 0) is 43.7 Å². The van der Waals surface area contributed by atoms with Gasteiger partial charge in [-0.25, -0.2) is 0 Å². The number of aromatic nitrogens is 2. The second-order valence-electron chi connectivity index (χ2n) is 8.48. The molecular formula is C27H28N4O4. The normalized spacial score (nSPS) is 11.1. The smallest absolute Gasteiger partial charge is 0.307 e. The van der Waals surface area contributed by atoms with E-state index >= 15 is 0 Å². The largest absolute Gasteiger partial charge is 0.495 e. The van der Waals surface area contributed by atoms with Gasteiger partial charge in [0.2, 0.25) is 0 Å². The Morgan fingerprint density at radius 1 is 1.14 bits per heavy atom. The van der Waals surface area contributed by atoms with Crippen LogP contribution in [-0.2, 0) is 17.8 Å². The fraction of sp³-hybridized carbons (Fsp3) is 0.222. The molecule has 0 atom stereocenters. The predicted molar refractivity (Wildman–Crippen MR) is 135 cm³/mol. The van der Waals surface area contributed by atoms with E-state index in [0.29, 0.717) is 22.6 Å². The van der Waals surface area contributed by atoms with E-state index in [1.54, 1.807) is 31.4 Å². The van der Waals surface area contributed by atoms with Gasteiger partial charge in [0.15, 0.2) is 0 Å². The molecular weight excluding hydrogens is 444 g/mol. The number of nitrogens with zero attached hydrogens (tertiary/aromatic N) is 2. The van der Waals surface area contributed by atoms with Gasteiger partial charge >= 0.3 is 5.97 Å². The lowest BCUT2D eigenvalue weighted by Gasteiger charge is -2.13. The SMILES string of the molecule is COc1c(C(=N)N)cccc1-c1ccc2c(c1)c(COc1ccccc1CC(=O)O)nn2C(C)C. The van der Waals surface area contributed by atoms with Crippen LogP contribution in [0.2, 0.25) is 0 Å². The molecule has 8 heteroatoms. The number of amidine groups is 1. The Hall–Kier alpha value is -4.33. The Morgan fingerprint density at radius 3 is 2.60 bits per heavy atom. The van der Waals surface area contributed by atoms with Crippen LogP contribution in [0.25, 0.3) is 22.0 Å². The number of ether oxygens (including phenoxy) is 2. The molecule has 0 unspecified atom stereocenters. The lowest BCUT2D eigenvalue weighted by Crippen LogP contribution is -2.12. The molecule has 180 valence electrons. The number of para-hydroxylation sites is 2. The maximum Gasteiger partial charge on any atom is 0.307 e. The first-order chi connectivity index (χ1) is 16.8. The first-order valence-electron chi connectivity index (χ1n) is 11.3. The van der Waals surface area contributed by atoms with E-state index in [-0.39, 0.29) is 24.9 Å². The molecule has 0 saturated heterocycles. The van der Waals surface area contributed by atoms with Crippen molar-refractivity contribution in [2.45, 2.75) is 32.9 Å². The van der Waals surface area contributed by atoms with Crippen molar-refractivity contribution >= 4 is 22.7 Å². The zero-order valence-corrected chi connectivity index (χ0v) is 19.9. The van der Waals surface area contributed by atoms with Gasteiger partial charge < -0.3 is 20.3 Å². The van der Waals surface area contributed by atoms with Crippen molar-refractivity contribution in [2.75, 3.05) is 7.11 Å². The molecule has 35 heavy (non-hydrogen) atoms. The standard InChI is InChI=1S/C27H28N4O4/c1-16(2)31-23-12-11-17(19-8-6-9-20(27(28)29)26(19)34-3)13-21(23)22(30-31)15-35-24-10-5-4-7-18(24)14-25(32)33/h4-13,16H,14-15H2,1-3H3,(H3,28,29)(H,32,33). The van der Waals surface area contributed by atoms with Gasteiger partial charge in [0, 0.05) is 22.6 Å². The quantitative estimate of drug-likeness (QED) is 0.238. The number of nitrogen functional groups attached to an aromatic ring is 1. The average Bonchev–Trinajstić information content (AvgIpc) is 3.20. The van der Waals surface area contributed by atoms with Crippen molar-refractivity contribution < 1.29 is 19.4 Å². The highest BCUT2D eigenvalue weighted by Gasteiger charge is 2.18. The molecule has 0 aliphatic rings. The van der Waals surface area contributed by atoms with Gasteiger partial charge in [-0.15, -0.1) is 0 Å². The van der Waals surface area contributed by atoms with Crippen LogP contribution in [0, 0.1) is 5.41 Å². The number of rotatable bonds is 9. The molecule has 0 amide bonds. The summed E-state index contributed by atoms with van der Waals surface area (Å²) in [6.45, 7) is 4.31. The molecule has 0 fully saturated rings. The third-order valence-corrected chi connectivity index (χ3v) is 5.77. The lowest BCUT2D eigenvalue weighted by molar-refractivity contribution is -0.136. The molecule has 3 aromatic carbocycles. The molecule has 4 rings (SSSR count). The summed E-state index contributed by atoms with van der Waals surface area (Å²) in [4.78, 5) is 11.2. The minimum Gasteiger partial charge on any atom is -0.495 e. The van der Waals surface area contributed by atoms with Crippen LogP contribution in [0.15, 0.2) is 60.7 Å². The van der Waals surface area contributed by atoms with Crippen LogP contribution < -0.4 is 15.2 Å². The summed E-state index contributed by atoms with van der Waals surface area (Å²) >= 11 is 0. The van der Waals surface area contributed by atoms with E-state index in [4.69, 9.17) is 25.7 Å². The molecule has 1 aromatic heterocycles. The van der Waals surface area contributed by atoms with Gasteiger partial charge in [-0.1, -0.05) is 36.4 Å². The summed E-state index contributed by atoms with van der Waals surface area (Å²) in [6.07, 6.45) is -0.117. The number of carboxylic acid groups (broad SMARTS) is 1. The van der Waals surface area contributed by atoms with E-state index in [2.05, 4.69) is 13.8 Å². The van der Waals surface area contributed by atoms with E-state index in [1.165, 1.54) is 0 Å². The highest BCUT2D eigenvalue weighted by atomic mass is 16.5. The fourth-order valence-corrected chi connectivity index (χ4v) is 4.17. The predicted octanol–water partition coefficient (Wildman–Crippen LogP) is 4.78. The van der Waals surface area contributed by atoms with Crippen molar-refractivity contribution in [3.8, 4) is 22.6 Å². The number of hydrogen-bond acceptors (Lipinski definition) is 5. The molecule has 0 radical (unpaired) electrons. The van der Waals surface area contributed by atoms with Gasteiger partial charge in [0.25, 0.3) is 0 Å². The number of fused-ring (bicyclic) bond motifs is 1. The molecule has 4 N–H and O–H groups in total. The summed E-state index contributed by atoms with van der Waals surface area (Å²) in [7, 11) is 1.56. The van der Waals surface area contributed by atoms with Crippen LogP contribution in [0.5, 0.6) is 11.5 Å². The zero-order valence-electron chi connectivity index (χ0n) is 19.9. The number of nitrogens with one attached hydrogen (secondary N) is 1. The van der Waals surface area contributed by atoms with Crippen molar-refractivity contribution in [1.82, 2.24) is 9.78 Å². The van der Waals surface area contributed by atoms with E-state index in [1.807, 2.05) is 41.1 Å². The number of benzene rings is 3. The van der Waals surface area contributed by atoms with Crippen molar-refractivity contribution in [1.29, 1.82) is 5.41 Å². The number of hydrogen-bond donors (Lipinski definition) is 3. The average molecular weight is 473 g/mol. The van der Waals surface area contributed by atoms with Crippen LogP contribution in [0.3, 0.4) is 0 Å². The molecule has 4 aromatic rings. The van der Waals surface area contributed by atoms with E-state index in [0.717, 1.165) is 27.7 Å². The maximum absolute atomic E-state index is 11.2. The van der Waals surface area contributed by atoms with Crippen molar-refractivity contribution in [2.24, 2.45) is 5.73 Å². The van der Waals surface area contributed by atoms with Crippen molar-refractivity contribution in [3.63, 3.8) is 0 Å². The molecule has 0 bridgehead atoms. The number of carboxylic acids is 1. The second-order valence-corrected chi connectivity index (χ2v) is 8.48. The minimum absolute atomic E-state index is 0.0634. The number of nitrogens with two attached hydrogens (primary N) is 1. The number of aliphatic carboxylic acids is 1. The van der Waals surface area contributed by atoms with Gasteiger partial charge in [0.05, 0.1) is 24.6 Å². The molecule has 0 spiro atoms. The van der Waals surface area contributed by atoms with Crippen LogP contribution in [0.1, 0.15) is 36.7 Å². The third-order valence-electron chi connectivity index (χ3n) is 5.77. The monoisotopic (exact) mass is 472 g/mol.